The van der Waals surface area contributed by atoms with Gasteiger partial charge in [-0.25, -0.2) is 4.79 Å². The Morgan fingerprint density at radius 1 is 1.31 bits per heavy atom. The van der Waals surface area contributed by atoms with E-state index < -0.39 is 8.32 Å². The van der Waals surface area contributed by atoms with Crippen LogP contribution in [0.15, 0.2) is 24.4 Å². The van der Waals surface area contributed by atoms with Gasteiger partial charge in [0.1, 0.15) is 5.52 Å². The summed E-state index contributed by atoms with van der Waals surface area (Å²) >= 11 is 0. The second-order valence-electron chi connectivity index (χ2n) is 8.59. The highest BCUT2D eigenvalue weighted by Gasteiger charge is 2.37. The molecule has 0 fully saturated rings. The molecule has 1 heterocycles. The van der Waals surface area contributed by atoms with Gasteiger partial charge in [0.15, 0.2) is 14.9 Å². The lowest BCUT2D eigenvalue weighted by Gasteiger charge is -2.36. The van der Waals surface area contributed by atoms with E-state index >= 15 is 0 Å². The maximum atomic E-state index is 11.9. The third-order valence-electron chi connectivity index (χ3n) is 5.17. The molecule has 1 aromatic heterocycles. The summed E-state index contributed by atoms with van der Waals surface area (Å²) in [6.07, 6.45) is 2.08. The van der Waals surface area contributed by atoms with E-state index in [-0.39, 0.29) is 11.0 Å². The summed E-state index contributed by atoms with van der Waals surface area (Å²) in [5.74, 6) is 0.110. The molecular formula is C20H33N2O3Si+. The molecule has 0 aliphatic carbocycles. The van der Waals surface area contributed by atoms with Crippen molar-refractivity contribution in [2.24, 2.45) is 5.92 Å². The first-order chi connectivity index (χ1) is 12.0. The summed E-state index contributed by atoms with van der Waals surface area (Å²) in [6, 6.07) is 5.61. The Balaban J connectivity index is 2.03. The zero-order valence-corrected chi connectivity index (χ0v) is 18.2. The summed E-state index contributed by atoms with van der Waals surface area (Å²) < 4.78 is 13.5. The smallest absolute Gasteiger partial charge is 0.338 e. The van der Waals surface area contributed by atoms with Crippen molar-refractivity contribution in [3.05, 3.63) is 30.0 Å². The van der Waals surface area contributed by atoms with Gasteiger partial charge in [0.2, 0.25) is 6.20 Å². The van der Waals surface area contributed by atoms with Crippen molar-refractivity contribution in [2.75, 3.05) is 13.2 Å². The number of hydrogen-bond donors (Lipinski definition) is 1. The van der Waals surface area contributed by atoms with Crippen molar-refractivity contribution in [1.29, 1.82) is 0 Å². The molecule has 0 saturated heterocycles. The Bertz CT molecular complexity index is 762. The number of H-pyrrole nitrogens is 1. The third-order valence-corrected chi connectivity index (χ3v) is 9.67. The number of carbonyl (C=O) groups excluding carboxylic acids is 1. The first-order valence-electron chi connectivity index (χ1n) is 9.37. The van der Waals surface area contributed by atoms with Gasteiger partial charge in [-0.05, 0) is 43.3 Å². The fraction of sp³-hybridized carbons (Fsp3) is 0.600. The molecule has 144 valence electrons. The topological polar surface area (TPSA) is 55.2 Å². The number of hydrogen-bond acceptors (Lipinski definition) is 3. The molecule has 0 aliphatic heterocycles. The summed E-state index contributed by atoms with van der Waals surface area (Å²) in [5.41, 5.74) is 1.51. The molecule has 1 N–H and O–H groups in total. The van der Waals surface area contributed by atoms with E-state index in [4.69, 9.17) is 9.16 Å². The van der Waals surface area contributed by atoms with Crippen molar-refractivity contribution >= 4 is 25.2 Å². The van der Waals surface area contributed by atoms with Crippen LogP contribution in [-0.4, -0.2) is 32.6 Å². The highest BCUT2D eigenvalue weighted by atomic mass is 28.4. The maximum Gasteiger partial charge on any atom is 0.338 e. The van der Waals surface area contributed by atoms with E-state index in [9.17, 15) is 4.79 Å². The van der Waals surface area contributed by atoms with Crippen LogP contribution in [0.5, 0.6) is 0 Å². The lowest BCUT2D eigenvalue weighted by atomic mass is 10.2. The number of rotatable bonds is 7. The molecule has 0 aliphatic rings. The number of fused-ring (bicyclic) bond motifs is 1. The molecule has 0 saturated carbocycles. The van der Waals surface area contributed by atoms with E-state index in [0.717, 1.165) is 24.1 Å². The Hall–Kier alpha value is -1.66. The first kappa shape index (κ1) is 20.6. The Morgan fingerprint density at radius 2 is 2.00 bits per heavy atom. The zero-order chi connectivity index (χ0) is 19.5. The molecule has 0 spiro atoms. The van der Waals surface area contributed by atoms with Gasteiger partial charge in [-0.3, -0.25) is 0 Å². The predicted octanol–water partition coefficient (Wildman–Crippen LogP) is 4.29. The van der Waals surface area contributed by atoms with E-state index in [2.05, 4.69) is 56.8 Å². The summed E-state index contributed by atoms with van der Waals surface area (Å²) in [7, 11) is -1.72. The number of esters is 1. The first-order valence-corrected chi connectivity index (χ1v) is 12.3. The van der Waals surface area contributed by atoms with E-state index in [1.807, 2.05) is 25.1 Å². The van der Waals surface area contributed by atoms with Crippen LogP contribution < -0.4 is 4.68 Å². The van der Waals surface area contributed by atoms with Crippen molar-refractivity contribution in [2.45, 2.75) is 59.3 Å². The van der Waals surface area contributed by atoms with Gasteiger partial charge >= 0.3 is 5.97 Å². The van der Waals surface area contributed by atoms with Gasteiger partial charge in [-0.15, -0.1) is 4.68 Å². The van der Waals surface area contributed by atoms with Crippen molar-refractivity contribution < 1.29 is 18.6 Å². The van der Waals surface area contributed by atoms with E-state index in [0.29, 0.717) is 18.1 Å². The molecule has 5 nitrogen and oxygen atoms in total. The van der Waals surface area contributed by atoms with Crippen LogP contribution >= 0.6 is 0 Å². The molecule has 0 bridgehead atoms. The fourth-order valence-corrected chi connectivity index (χ4v) is 3.65. The molecule has 6 heteroatoms. The van der Waals surface area contributed by atoms with Gasteiger partial charge in [-0.2, -0.15) is 5.10 Å². The largest absolute Gasteiger partial charge is 0.462 e. The van der Waals surface area contributed by atoms with E-state index in [1.54, 1.807) is 0 Å². The summed E-state index contributed by atoms with van der Waals surface area (Å²) in [4.78, 5) is 11.9. The van der Waals surface area contributed by atoms with Crippen LogP contribution in [0.25, 0.3) is 10.9 Å². The number of aromatic nitrogens is 2. The van der Waals surface area contributed by atoms with Gasteiger partial charge in [0.25, 0.3) is 0 Å². The molecule has 1 atom stereocenters. The molecule has 1 aromatic carbocycles. The Kier molecular flexibility index (Phi) is 6.29. The van der Waals surface area contributed by atoms with Gasteiger partial charge in [-0.1, -0.05) is 27.7 Å². The molecule has 2 aromatic rings. The Morgan fingerprint density at radius 3 is 2.62 bits per heavy atom. The SMILES string of the molecule is CCOC(=O)c1ccc2c[n+](C[C@H](C)CO[Si](C)(C)C(C)(C)C)[nH]c2c1. The standard InChI is InChI=1S/C20H32N2O3Si/c1-8-24-19(23)16-9-10-17-13-22(21-18(17)11-16)12-15(2)14-25-26(6,7)20(3,4)5/h9-11,13,15H,8,12,14H2,1-7H3/p+1/t15-/m0/s1. The monoisotopic (exact) mass is 377 g/mol. The molecule has 0 unspecified atom stereocenters. The van der Waals surface area contributed by atoms with Crippen LogP contribution in [0.2, 0.25) is 18.1 Å². The molecule has 0 radical (unpaired) electrons. The van der Waals surface area contributed by atoms with E-state index in [1.165, 1.54) is 0 Å². The van der Waals surface area contributed by atoms with Crippen LogP contribution in [0.1, 0.15) is 45.0 Å². The second kappa shape index (κ2) is 7.92. The fourth-order valence-electron chi connectivity index (χ4n) is 2.52. The molecular weight excluding hydrogens is 344 g/mol. The lowest BCUT2D eigenvalue weighted by molar-refractivity contribution is -0.753. The number of ether oxygens (including phenoxy) is 1. The van der Waals surface area contributed by atoms with Crippen LogP contribution in [0, 0.1) is 5.92 Å². The normalized spacial score (nSPS) is 13.8. The van der Waals surface area contributed by atoms with Crippen LogP contribution in [-0.2, 0) is 15.7 Å². The third kappa shape index (κ3) is 4.95. The summed E-state index contributed by atoms with van der Waals surface area (Å²) in [6.45, 7) is 17.4. The maximum absolute atomic E-state index is 11.9. The molecule has 0 amide bonds. The van der Waals surface area contributed by atoms with Gasteiger partial charge in [0, 0.05) is 12.5 Å². The Labute approximate surface area is 157 Å². The molecule has 2 rings (SSSR count). The minimum atomic E-state index is -1.72. The lowest BCUT2D eigenvalue weighted by Crippen LogP contribution is -2.44. The van der Waals surface area contributed by atoms with Gasteiger partial charge < -0.3 is 9.16 Å². The highest BCUT2D eigenvalue weighted by molar-refractivity contribution is 6.74. The minimum absolute atomic E-state index is 0.227. The number of benzene rings is 1. The second-order valence-corrected chi connectivity index (χ2v) is 13.4. The number of nitrogens with one attached hydrogen (secondary N) is 1. The van der Waals surface area contributed by atoms with Crippen LogP contribution in [0.3, 0.4) is 0 Å². The molecule has 26 heavy (non-hydrogen) atoms. The number of carbonyl (C=O) groups is 1. The average Bonchev–Trinajstić information content (AvgIpc) is 2.93. The predicted molar refractivity (Wildman–Crippen MR) is 107 cm³/mol. The zero-order valence-electron chi connectivity index (χ0n) is 17.2. The summed E-state index contributed by atoms with van der Waals surface area (Å²) in [5, 5.41) is 4.66. The quantitative estimate of drug-likeness (QED) is 0.445. The van der Waals surface area contributed by atoms with Gasteiger partial charge in [0.05, 0.1) is 17.6 Å². The van der Waals surface area contributed by atoms with Crippen molar-refractivity contribution in [1.82, 2.24) is 5.10 Å². The van der Waals surface area contributed by atoms with Crippen molar-refractivity contribution in [3.8, 4) is 0 Å². The number of nitrogens with zero attached hydrogens (tertiary/aromatic N) is 1. The van der Waals surface area contributed by atoms with Crippen LogP contribution in [0.4, 0.5) is 0 Å². The highest BCUT2D eigenvalue weighted by Crippen LogP contribution is 2.36. The number of aromatic amines is 1. The average molecular weight is 378 g/mol. The minimum Gasteiger partial charge on any atom is -0.462 e. The van der Waals surface area contributed by atoms with Crippen molar-refractivity contribution in [3.63, 3.8) is 0 Å².